The Morgan fingerprint density at radius 1 is 1.30 bits per heavy atom. The van der Waals surface area contributed by atoms with Gasteiger partial charge < -0.3 is 15.5 Å². The van der Waals surface area contributed by atoms with E-state index in [2.05, 4.69) is 10.3 Å². The predicted octanol–water partition coefficient (Wildman–Crippen LogP) is 3.01. The summed E-state index contributed by atoms with van der Waals surface area (Å²) in [5, 5.41) is 3.36. The third-order valence-corrected chi connectivity index (χ3v) is 3.86. The Bertz CT molecular complexity index is 718. The second-order valence-electron chi connectivity index (χ2n) is 4.87. The Morgan fingerprint density at radius 2 is 2.04 bits per heavy atom. The maximum atomic E-state index is 12.0. The Balaban J connectivity index is 1.93. The lowest BCUT2D eigenvalue weighted by Gasteiger charge is -2.03. The number of carbonyl (C=O) groups is 1. The van der Waals surface area contributed by atoms with Crippen molar-refractivity contribution in [3.8, 4) is 0 Å². The molecule has 0 spiro atoms. The van der Waals surface area contributed by atoms with E-state index in [9.17, 15) is 4.79 Å². The summed E-state index contributed by atoms with van der Waals surface area (Å²) in [6.45, 7) is 2.28. The van der Waals surface area contributed by atoms with Gasteiger partial charge in [0.05, 0.1) is 6.54 Å². The van der Waals surface area contributed by atoms with Gasteiger partial charge in [0, 0.05) is 23.9 Å². The highest BCUT2D eigenvalue weighted by atomic mass is 32.2. The molecule has 6 heteroatoms. The first-order chi connectivity index (χ1) is 11.1. The van der Waals surface area contributed by atoms with Crippen molar-refractivity contribution in [2.45, 2.75) is 16.9 Å². The Kier molecular flexibility index (Phi) is 6.05. The summed E-state index contributed by atoms with van der Waals surface area (Å²) in [6.07, 6.45) is 3.21. The van der Waals surface area contributed by atoms with E-state index in [1.54, 1.807) is 31.5 Å². The number of rotatable bonds is 6. The number of hydrogen-bond donors (Lipinski definition) is 2. The third kappa shape index (κ3) is 5.34. The lowest BCUT2D eigenvalue weighted by molar-refractivity contribution is 0.0924. The summed E-state index contributed by atoms with van der Waals surface area (Å²) in [5.41, 5.74) is 7.45. The van der Waals surface area contributed by atoms with Crippen LogP contribution in [0.4, 0.5) is 0 Å². The first-order valence-electron chi connectivity index (χ1n) is 7.08. The standard InChI is InChI=1S/C17H19N3O2S/c1-12-3-5-14(6-4-12)23-16-8-7-15(22-16)17(21)20-11-13(18)9-10-19-2/h3-10H,11,18H2,1-2H3,(H,20,21). The highest BCUT2D eigenvalue weighted by molar-refractivity contribution is 7.99. The molecule has 1 aromatic heterocycles. The minimum absolute atomic E-state index is 0.242. The van der Waals surface area contributed by atoms with Crippen molar-refractivity contribution in [1.82, 2.24) is 5.32 Å². The summed E-state index contributed by atoms with van der Waals surface area (Å²) in [7, 11) is 1.65. The minimum atomic E-state index is -0.300. The van der Waals surface area contributed by atoms with Gasteiger partial charge in [-0.25, -0.2) is 0 Å². The van der Waals surface area contributed by atoms with Crippen molar-refractivity contribution in [3.63, 3.8) is 0 Å². The molecule has 3 N–H and O–H groups in total. The van der Waals surface area contributed by atoms with Crippen LogP contribution in [0.25, 0.3) is 0 Å². The lowest BCUT2D eigenvalue weighted by Crippen LogP contribution is -2.27. The number of benzene rings is 1. The van der Waals surface area contributed by atoms with Crippen LogP contribution in [0.15, 0.2) is 67.6 Å². The van der Waals surface area contributed by atoms with Gasteiger partial charge in [0.1, 0.15) is 0 Å². The quantitative estimate of drug-likeness (QED) is 0.798. The van der Waals surface area contributed by atoms with Crippen LogP contribution in [-0.2, 0) is 0 Å². The van der Waals surface area contributed by atoms with E-state index in [1.807, 2.05) is 31.2 Å². The van der Waals surface area contributed by atoms with Crippen LogP contribution in [0.2, 0.25) is 0 Å². The van der Waals surface area contributed by atoms with E-state index in [4.69, 9.17) is 10.2 Å². The molecule has 0 aliphatic rings. The molecule has 23 heavy (non-hydrogen) atoms. The zero-order valence-corrected chi connectivity index (χ0v) is 13.9. The normalized spacial score (nSPS) is 11.8. The van der Waals surface area contributed by atoms with Gasteiger partial charge in [0.15, 0.2) is 10.9 Å². The van der Waals surface area contributed by atoms with Gasteiger partial charge in [-0.1, -0.05) is 29.5 Å². The fourth-order valence-electron chi connectivity index (χ4n) is 1.72. The topological polar surface area (TPSA) is 80.6 Å². The van der Waals surface area contributed by atoms with Crippen LogP contribution in [-0.4, -0.2) is 25.7 Å². The highest BCUT2D eigenvalue weighted by Gasteiger charge is 2.11. The van der Waals surface area contributed by atoms with E-state index < -0.39 is 0 Å². The number of nitrogens with two attached hydrogens (primary N) is 1. The van der Waals surface area contributed by atoms with Crippen molar-refractivity contribution in [2.24, 2.45) is 10.7 Å². The van der Waals surface area contributed by atoms with E-state index in [0.29, 0.717) is 10.8 Å². The van der Waals surface area contributed by atoms with Crippen LogP contribution in [0, 0.1) is 6.92 Å². The SMILES string of the molecule is CN=CC=C(N)CNC(=O)c1ccc(Sc2ccc(C)cc2)o1. The molecule has 0 radical (unpaired) electrons. The number of carbonyl (C=O) groups excluding carboxylic acids is 1. The zero-order valence-electron chi connectivity index (χ0n) is 13.1. The van der Waals surface area contributed by atoms with Gasteiger partial charge >= 0.3 is 0 Å². The number of allylic oxidation sites excluding steroid dienone is 1. The molecule has 0 fully saturated rings. The predicted molar refractivity (Wildman–Crippen MR) is 93.0 cm³/mol. The molecule has 1 amide bonds. The van der Waals surface area contributed by atoms with Crippen molar-refractivity contribution >= 4 is 23.9 Å². The van der Waals surface area contributed by atoms with Gasteiger partial charge in [0.25, 0.3) is 5.91 Å². The maximum absolute atomic E-state index is 12.0. The van der Waals surface area contributed by atoms with Gasteiger partial charge in [-0.15, -0.1) is 0 Å². The molecule has 2 rings (SSSR count). The molecular weight excluding hydrogens is 310 g/mol. The Hall–Kier alpha value is -2.47. The Morgan fingerprint density at radius 3 is 2.74 bits per heavy atom. The lowest BCUT2D eigenvalue weighted by atomic mass is 10.2. The molecule has 0 atom stereocenters. The first-order valence-corrected chi connectivity index (χ1v) is 7.89. The first kappa shape index (κ1) is 16.9. The molecule has 0 unspecified atom stereocenters. The van der Waals surface area contributed by atoms with Crippen LogP contribution >= 0.6 is 11.8 Å². The summed E-state index contributed by atoms with van der Waals surface area (Å²) < 4.78 is 5.56. The van der Waals surface area contributed by atoms with Gasteiger partial charge in [-0.3, -0.25) is 9.79 Å². The van der Waals surface area contributed by atoms with Crippen LogP contribution < -0.4 is 11.1 Å². The molecule has 0 bridgehead atoms. The monoisotopic (exact) mass is 329 g/mol. The molecular formula is C17H19N3O2S. The summed E-state index contributed by atoms with van der Waals surface area (Å²) >= 11 is 1.47. The summed E-state index contributed by atoms with van der Waals surface area (Å²) in [4.78, 5) is 16.9. The fourth-order valence-corrected chi connectivity index (χ4v) is 2.49. The zero-order chi connectivity index (χ0) is 16.7. The Labute approximate surface area is 139 Å². The van der Waals surface area contributed by atoms with E-state index in [-0.39, 0.29) is 18.2 Å². The van der Waals surface area contributed by atoms with Crippen molar-refractivity contribution < 1.29 is 9.21 Å². The largest absolute Gasteiger partial charge is 0.444 e. The minimum Gasteiger partial charge on any atom is -0.444 e. The molecule has 1 heterocycles. The second-order valence-corrected chi connectivity index (χ2v) is 5.94. The fraction of sp³-hybridized carbons (Fsp3) is 0.176. The average molecular weight is 329 g/mol. The van der Waals surface area contributed by atoms with E-state index in [1.165, 1.54) is 17.3 Å². The molecule has 2 aromatic rings. The second kappa shape index (κ2) is 8.24. The molecule has 0 saturated carbocycles. The van der Waals surface area contributed by atoms with Crippen LogP contribution in [0.5, 0.6) is 0 Å². The molecule has 120 valence electrons. The average Bonchev–Trinajstić information content (AvgIpc) is 3.01. The number of nitrogens with zero attached hydrogens (tertiary/aromatic N) is 1. The molecule has 5 nitrogen and oxygen atoms in total. The van der Waals surface area contributed by atoms with Gasteiger partial charge in [-0.2, -0.15) is 0 Å². The third-order valence-electron chi connectivity index (χ3n) is 2.94. The number of hydrogen-bond acceptors (Lipinski definition) is 5. The van der Waals surface area contributed by atoms with Gasteiger partial charge in [0.2, 0.25) is 0 Å². The van der Waals surface area contributed by atoms with E-state index >= 15 is 0 Å². The summed E-state index contributed by atoms with van der Waals surface area (Å²) in [5.74, 6) is -0.0397. The number of aryl methyl sites for hydroxylation is 1. The molecule has 0 aliphatic carbocycles. The highest BCUT2D eigenvalue weighted by Crippen LogP contribution is 2.29. The number of amides is 1. The van der Waals surface area contributed by atoms with Crippen molar-refractivity contribution in [3.05, 3.63) is 59.5 Å². The van der Waals surface area contributed by atoms with Crippen molar-refractivity contribution in [2.75, 3.05) is 13.6 Å². The summed E-state index contributed by atoms with van der Waals surface area (Å²) in [6, 6.07) is 11.5. The van der Waals surface area contributed by atoms with E-state index in [0.717, 1.165) is 4.90 Å². The smallest absolute Gasteiger partial charge is 0.287 e. The van der Waals surface area contributed by atoms with Crippen molar-refractivity contribution in [1.29, 1.82) is 0 Å². The molecule has 0 aliphatic heterocycles. The number of nitrogens with one attached hydrogen (secondary N) is 1. The maximum Gasteiger partial charge on any atom is 0.287 e. The van der Waals surface area contributed by atoms with Gasteiger partial charge in [-0.05, 0) is 37.3 Å². The molecule has 1 aromatic carbocycles. The molecule has 0 saturated heterocycles. The number of furan rings is 1. The van der Waals surface area contributed by atoms with Crippen LogP contribution in [0.1, 0.15) is 16.1 Å². The number of aliphatic imine (C=N–C) groups is 1. The van der Waals surface area contributed by atoms with Crippen LogP contribution in [0.3, 0.4) is 0 Å².